The fourth-order valence-corrected chi connectivity index (χ4v) is 1.70. The van der Waals surface area contributed by atoms with E-state index in [1.54, 1.807) is 6.07 Å². The molecule has 100 valence electrons. The molecule has 5 heteroatoms. The number of non-ortho nitro benzene ring substituents is 1. The highest BCUT2D eigenvalue weighted by Crippen LogP contribution is 2.22. The smallest absolute Gasteiger partial charge is 0.270 e. The summed E-state index contributed by atoms with van der Waals surface area (Å²) in [6.07, 6.45) is 0. The second-order valence-electron chi connectivity index (χ2n) is 4.89. The van der Waals surface area contributed by atoms with Gasteiger partial charge in [-0.15, -0.1) is 0 Å². The van der Waals surface area contributed by atoms with Crippen LogP contribution in [0, 0.1) is 22.0 Å². The van der Waals surface area contributed by atoms with Crippen molar-refractivity contribution in [2.24, 2.45) is 11.8 Å². The molecule has 0 fully saturated rings. The van der Waals surface area contributed by atoms with E-state index < -0.39 is 4.92 Å². The number of nitro groups is 1. The van der Waals surface area contributed by atoms with E-state index in [0.29, 0.717) is 23.4 Å². The maximum absolute atomic E-state index is 10.6. The molecule has 18 heavy (non-hydrogen) atoms. The Morgan fingerprint density at radius 1 is 1.39 bits per heavy atom. The van der Waals surface area contributed by atoms with Gasteiger partial charge in [0.05, 0.1) is 9.95 Å². The van der Waals surface area contributed by atoms with Gasteiger partial charge in [0, 0.05) is 18.7 Å². The van der Waals surface area contributed by atoms with Gasteiger partial charge in [-0.2, -0.15) is 0 Å². The van der Waals surface area contributed by atoms with Crippen LogP contribution in [0.4, 0.5) is 5.69 Å². The molecule has 0 spiro atoms. The van der Waals surface area contributed by atoms with Crippen LogP contribution in [0.2, 0.25) is 5.02 Å². The zero-order valence-electron chi connectivity index (χ0n) is 10.9. The van der Waals surface area contributed by atoms with Gasteiger partial charge < -0.3 is 5.32 Å². The van der Waals surface area contributed by atoms with Crippen molar-refractivity contribution in [3.8, 4) is 0 Å². The molecule has 1 unspecified atom stereocenters. The van der Waals surface area contributed by atoms with Gasteiger partial charge in [-0.1, -0.05) is 32.4 Å². The molecule has 1 aromatic rings. The van der Waals surface area contributed by atoms with Gasteiger partial charge >= 0.3 is 0 Å². The number of benzene rings is 1. The largest absolute Gasteiger partial charge is 0.312 e. The molecule has 0 saturated heterocycles. The van der Waals surface area contributed by atoms with Crippen molar-refractivity contribution in [1.82, 2.24) is 5.32 Å². The van der Waals surface area contributed by atoms with E-state index in [9.17, 15) is 10.1 Å². The number of nitrogens with zero attached hydrogens (tertiary/aromatic N) is 1. The molecule has 1 rings (SSSR count). The van der Waals surface area contributed by atoms with E-state index in [1.807, 2.05) is 0 Å². The summed E-state index contributed by atoms with van der Waals surface area (Å²) < 4.78 is 0. The number of halogens is 1. The number of nitro benzene ring substituents is 1. The SMILES string of the molecule is CC(C)C(C)CNCc1ccc([N+](=O)[O-])cc1Cl. The van der Waals surface area contributed by atoms with E-state index >= 15 is 0 Å². The van der Waals surface area contributed by atoms with E-state index in [1.165, 1.54) is 12.1 Å². The zero-order valence-corrected chi connectivity index (χ0v) is 11.7. The van der Waals surface area contributed by atoms with Gasteiger partial charge in [0.2, 0.25) is 0 Å². The molecular weight excluding hydrogens is 252 g/mol. The number of nitrogens with one attached hydrogen (secondary N) is 1. The molecule has 0 aliphatic rings. The number of hydrogen-bond acceptors (Lipinski definition) is 3. The second-order valence-corrected chi connectivity index (χ2v) is 5.29. The summed E-state index contributed by atoms with van der Waals surface area (Å²) in [6.45, 7) is 8.10. The third-order valence-corrected chi connectivity index (χ3v) is 3.52. The number of hydrogen-bond donors (Lipinski definition) is 1. The van der Waals surface area contributed by atoms with Crippen LogP contribution in [0.5, 0.6) is 0 Å². The molecule has 0 amide bonds. The minimum atomic E-state index is -0.441. The van der Waals surface area contributed by atoms with Crippen LogP contribution in [0.25, 0.3) is 0 Å². The lowest BCUT2D eigenvalue weighted by molar-refractivity contribution is -0.384. The van der Waals surface area contributed by atoms with Crippen LogP contribution in [0.3, 0.4) is 0 Å². The van der Waals surface area contributed by atoms with Crippen molar-refractivity contribution in [2.75, 3.05) is 6.54 Å². The van der Waals surface area contributed by atoms with Gasteiger partial charge in [0.25, 0.3) is 5.69 Å². The first-order valence-electron chi connectivity index (χ1n) is 6.05. The van der Waals surface area contributed by atoms with E-state index in [-0.39, 0.29) is 5.69 Å². The topological polar surface area (TPSA) is 55.2 Å². The van der Waals surface area contributed by atoms with Crippen molar-refractivity contribution in [3.05, 3.63) is 38.9 Å². The van der Waals surface area contributed by atoms with E-state index in [2.05, 4.69) is 26.1 Å². The first kappa shape index (κ1) is 14.9. The van der Waals surface area contributed by atoms with Crippen molar-refractivity contribution < 1.29 is 4.92 Å². The Morgan fingerprint density at radius 2 is 2.06 bits per heavy atom. The van der Waals surface area contributed by atoms with Gasteiger partial charge in [0.1, 0.15) is 0 Å². The average molecular weight is 271 g/mol. The van der Waals surface area contributed by atoms with Gasteiger partial charge in [-0.3, -0.25) is 10.1 Å². The molecule has 0 radical (unpaired) electrons. The summed E-state index contributed by atoms with van der Waals surface area (Å²) in [7, 11) is 0. The Balaban J connectivity index is 2.56. The molecule has 0 aliphatic heterocycles. The maximum atomic E-state index is 10.6. The highest BCUT2D eigenvalue weighted by Gasteiger charge is 2.10. The van der Waals surface area contributed by atoms with E-state index in [0.717, 1.165) is 12.1 Å². The maximum Gasteiger partial charge on any atom is 0.270 e. The van der Waals surface area contributed by atoms with Crippen LogP contribution in [0.15, 0.2) is 18.2 Å². The summed E-state index contributed by atoms with van der Waals surface area (Å²) in [5.74, 6) is 1.21. The summed E-state index contributed by atoms with van der Waals surface area (Å²) in [5.41, 5.74) is 0.914. The normalized spacial score (nSPS) is 12.7. The molecule has 4 nitrogen and oxygen atoms in total. The molecule has 0 bridgehead atoms. The van der Waals surface area contributed by atoms with E-state index in [4.69, 9.17) is 11.6 Å². The van der Waals surface area contributed by atoms with Crippen molar-refractivity contribution in [1.29, 1.82) is 0 Å². The molecule has 1 N–H and O–H groups in total. The summed E-state index contributed by atoms with van der Waals surface area (Å²) in [5, 5.41) is 14.3. The average Bonchev–Trinajstić information content (AvgIpc) is 2.30. The first-order valence-corrected chi connectivity index (χ1v) is 6.43. The van der Waals surface area contributed by atoms with Crippen molar-refractivity contribution in [2.45, 2.75) is 27.3 Å². The Morgan fingerprint density at radius 3 is 2.56 bits per heavy atom. The Kier molecular flexibility index (Phi) is 5.56. The number of rotatable bonds is 6. The molecule has 0 aliphatic carbocycles. The highest BCUT2D eigenvalue weighted by atomic mass is 35.5. The zero-order chi connectivity index (χ0) is 13.7. The molecule has 1 aromatic carbocycles. The lowest BCUT2D eigenvalue weighted by Gasteiger charge is -2.16. The Hall–Kier alpha value is -1.13. The standard InChI is InChI=1S/C13H19ClN2O2/c1-9(2)10(3)7-15-8-11-4-5-12(16(17)18)6-13(11)14/h4-6,9-10,15H,7-8H2,1-3H3. The monoisotopic (exact) mass is 270 g/mol. The molecule has 0 saturated carbocycles. The fourth-order valence-electron chi connectivity index (χ4n) is 1.46. The minimum Gasteiger partial charge on any atom is -0.312 e. The Labute approximate surface area is 112 Å². The summed E-state index contributed by atoms with van der Waals surface area (Å²) >= 11 is 6.01. The Bertz CT molecular complexity index is 421. The van der Waals surface area contributed by atoms with Gasteiger partial charge in [0.15, 0.2) is 0 Å². The lowest BCUT2D eigenvalue weighted by atomic mass is 9.98. The van der Waals surface area contributed by atoms with Crippen LogP contribution >= 0.6 is 11.6 Å². The van der Waals surface area contributed by atoms with Gasteiger partial charge in [-0.25, -0.2) is 0 Å². The molecule has 1 atom stereocenters. The van der Waals surface area contributed by atoms with Crippen LogP contribution < -0.4 is 5.32 Å². The first-order chi connectivity index (χ1) is 8.41. The predicted molar refractivity (Wildman–Crippen MR) is 73.8 cm³/mol. The predicted octanol–water partition coefficient (Wildman–Crippen LogP) is 3.63. The van der Waals surface area contributed by atoms with Crippen molar-refractivity contribution >= 4 is 17.3 Å². The van der Waals surface area contributed by atoms with Gasteiger partial charge in [-0.05, 0) is 30.0 Å². The van der Waals surface area contributed by atoms with Crippen molar-refractivity contribution in [3.63, 3.8) is 0 Å². The molecule has 0 aromatic heterocycles. The summed E-state index contributed by atoms with van der Waals surface area (Å²) in [6, 6.07) is 4.58. The quantitative estimate of drug-likeness (QED) is 0.634. The van der Waals surface area contributed by atoms with Crippen LogP contribution in [-0.4, -0.2) is 11.5 Å². The second kappa shape index (κ2) is 6.71. The van der Waals surface area contributed by atoms with Crippen LogP contribution in [-0.2, 0) is 6.54 Å². The fraction of sp³-hybridized carbons (Fsp3) is 0.538. The van der Waals surface area contributed by atoms with Crippen LogP contribution in [0.1, 0.15) is 26.3 Å². The third-order valence-electron chi connectivity index (χ3n) is 3.17. The summed E-state index contributed by atoms with van der Waals surface area (Å²) in [4.78, 5) is 10.1. The molecule has 0 heterocycles. The lowest BCUT2D eigenvalue weighted by Crippen LogP contribution is -2.23. The third kappa shape index (κ3) is 4.27. The molecular formula is C13H19ClN2O2. The minimum absolute atomic E-state index is 0.0271. The highest BCUT2D eigenvalue weighted by molar-refractivity contribution is 6.31.